The van der Waals surface area contributed by atoms with Gasteiger partial charge < -0.3 is 9.64 Å². The van der Waals surface area contributed by atoms with E-state index in [1.54, 1.807) is 19.3 Å². The van der Waals surface area contributed by atoms with Gasteiger partial charge in [0.1, 0.15) is 5.75 Å². The highest BCUT2D eigenvalue weighted by atomic mass is 16.5. The molecule has 1 aromatic heterocycles. The summed E-state index contributed by atoms with van der Waals surface area (Å²) < 4.78 is 5.94. The fourth-order valence-electron chi connectivity index (χ4n) is 3.22. The lowest BCUT2D eigenvalue weighted by molar-refractivity contribution is -0.139. The second kappa shape index (κ2) is 9.87. The molecule has 0 spiro atoms. The number of carbonyl (C=O) groups is 1. The number of hydrogen-bond acceptors (Lipinski definition) is 3. The smallest absolute Gasteiger partial charge is 0.263 e. The average Bonchev–Trinajstić information content (AvgIpc) is 2.74. The van der Waals surface area contributed by atoms with Gasteiger partial charge in [-0.05, 0) is 60.7 Å². The van der Waals surface area contributed by atoms with Crippen molar-refractivity contribution in [1.82, 2.24) is 9.88 Å². The molecule has 0 aliphatic rings. The molecule has 4 nitrogen and oxygen atoms in total. The molecule has 150 valence electrons. The van der Waals surface area contributed by atoms with Crippen LogP contribution in [-0.2, 0) is 24.3 Å². The third kappa shape index (κ3) is 5.92. The summed E-state index contributed by atoms with van der Waals surface area (Å²) in [5, 5.41) is 0. The molecule has 0 saturated carbocycles. The number of hydrogen-bond donors (Lipinski definition) is 0. The second-order valence-electron chi connectivity index (χ2n) is 7.30. The van der Waals surface area contributed by atoms with Crippen LogP contribution in [0.3, 0.4) is 0 Å². The molecule has 0 bridgehead atoms. The van der Waals surface area contributed by atoms with Gasteiger partial charge in [-0.3, -0.25) is 9.78 Å². The normalized spacial score (nSPS) is 11.7. The number of ether oxygens (including phenoxy) is 1. The number of pyridine rings is 1. The maximum atomic E-state index is 13.2. The molecule has 0 aliphatic carbocycles. The molecule has 3 aromatic rings. The van der Waals surface area contributed by atoms with Crippen LogP contribution < -0.4 is 4.74 Å². The molecule has 0 unspecified atom stereocenters. The van der Waals surface area contributed by atoms with Crippen molar-refractivity contribution in [3.8, 4) is 5.75 Å². The van der Waals surface area contributed by atoms with Crippen molar-refractivity contribution in [2.75, 3.05) is 0 Å². The topological polar surface area (TPSA) is 42.4 Å². The third-order valence-electron chi connectivity index (χ3n) is 4.86. The van der Waals surface area contributed by atoms with Crippen molar-refractivity contribution in [2.24, 2.45) is 0 Å². The molecule has 1 atom stereocenters. The largest absolute Gasteiger partial charge is 0.481 e. The molecule has 3 rings (SSSR count). The summed E-state index contributed by atoms with van der Waals surface area (Å²) in [6.45, 7) is 6.97. The number of nitrogens with zero attached hydrogens (tertiary/aromatic N) is 2. The monoisotopic (exact) mass is 388 g/mol. The van der Waals surface area contributed by atoms with Gasteiger partial charge >= 0.3 is 0 Å². The number of amides is 1. The van der Waals surface area contributed by atoms with Crippen LogP contribution in [0.1, 0.15) is 36.1 Å². The Kier molecular flexibility index (Phi) is 7.01. The van der Waals surface area contributed by atoms with Gasteiger partial charge in [0.2, 0.25) is 0 Å². The Morgan fingerprint density at radius 1 is 1.00 bits per heavy atom. The zero-order valence-electron chi connectivity index (χ0n) is 17.3. The molecule has 4 heteroatoms. The molecule has 29 heavy (non-hydrogen) atoms. The molecule has 0 aliphatic heterocycles. The zero-order chi connectivity index (χ0) is 20.6. The Morgan fingerprint density at radius 3 is 2.38 bits per heavy atom. The van der Waals surface area contributed by atoms with Gasteiger partial charge in [-0.15, -0.1) is 0 Å². The number of aromatic nitrogens is 1. The Bertz CT molecular complexity index is 923. The quantitative estimate of drug-likeness (QED) is 0.548. The number of benzene rings is 2. The predicted molar refractivity (Wildman–Crippen MR) is 116 cm³/mol. The third-order valence-corrected chi connectivity index (χ3v) is 4.86. The van der Waals surface area contributed by atoms with Crippen LogP contribution in [0.15, 0.2) is 73.1 Å². The van der Waals surface area contributed by atoms with Crippen molar-refractivity contribution >= 4 is 5.91 Å². The fraction of sp³-hybridized carbons (Fsp3) is 0.280. The Hall–Kier alpha value is -3.14. The number of carbonyl (C=O) groups excluding carboxylic acids is 1. The average molecular weight is 389 g/mol. The lowest BCUT2D eigenvalue weighted by Gasteiger charge is -2.26. The lowest BCUT2D eigenvalue weighted by Crippen LogP contribution is -2.39. The van der Waals surface area contributed by atoms with Crippen LogP contribution in [-0.4, -0.2) is 21.9 Å². The van der Waals surface area contributed by atoms with E-state index in [-0.39, 0.29) is 5.91 Å². The Balaban J connectivity index is 1.77. The molecule has 2 aromatic carbocycles. The molecule has 1 heterocycles. The minimum Gasteiger partial charge on any atom is -0.481 e. The van der Waals surface area contributed by atoms with E-state index in [1.807, 2.05) is 48.2 Å². The first kappa shape index (κ1) is 20.6. The summed E-state index contributed by atoms with van der Waals surface area (Å²) in [7, 11) is 0. The number of aryl methyl sites for hydroxylation is 2. The van der Waals surface area contributed by atoms with Crippen LogP contribution in [0.2, 0.25) is 0 Å². The highest BCUT2D eigenvalue weighted by molar-refractivity contribution is 5.81. The van der Waals surface area contributed by atoms with Gasteiger partial charge in [0, 0.05) is 25.5 Å². The lowest BCUT2D eigenvalue weighted by atomic mass is 10.1. The van der Waals surface area contributed by atoms with E-state index in [9.17, 15) is 4.79 Å². The van der Waals surface area contributed by atoms with E-state index < -0.39 is 6.10 Å². The fourth-order valence-corrected chi connectivity index (χ4v) is 3.22. The van der Waals surface area contributed by atoms with E-state index in [0.717, 1.165) is 23.1 Å². The van der Waals surface area contributed by atoms with Crippen molar-refractivity contribution in [2.45, 2.75) is 46.4 Å². The second-order valence-corrected chi connectivity index (χ2v) is 7.30. The molecule has 0 fully saturated rings. The summed E-state index contributed by atoms with van der Waals surface area (Å²) in [6.07, 6.45) is 3.96. The van der Waals surface area contributed by atoms with E-state index in [0.29, 0.717) is 18.8 Å². The first-order valence-corrected chi connectivity index (χ1v) is 10.0. The Labute approximate surface area is 173 Å². The van der Waals surface area contributed by atoms with Crippen molar-refractivity contribution < 1.29 is 9.53 Å². The molecular formula is C25H28N2O2. The number of rotatable bonds is 8. The van der Waals surface area contributed by atoms with Crippen LogP contribution >= 0.6 is 0 Å². The zero-order valence-corrected chi connectivity index (χ0v) is 17.3. The summed E-state index contributed by atoms with van der Waals surface area (Å²) in [4.78, 5) is 19.3. The highest BCUT2D eigenvalue weighted by Crippen LogP contribution is 2.17. The minimum atomic E-state index is -0.580. The van der Waals surface area contributed by atoms with Crippen LogP contribution in [0.25, 0.3) is 0 Å². The maximum Gasteiger partial charge on any atom is 0.263 e. The first-order valence-electron chi connectivity index (χ1n) is 10.0. The van der Waals surface area contributed by atoms with Gasteiger partial charge in [0.05, 0.1) is 0 Å². The standard InChI is InChI=1S/C25H28N2O2/c1-4-21-10-12-22(13-11-21)17-27(18-23-8-6-14-26-16-23)25(28)20(3)29-24-9-5-7-19(2)15-24/h5-16,20H,4,17-18H2,1-3H3/t20-/m0/s1. The molecular weight excluding hydrogens is 360 g/mol. The molecule has 1 amide bonds. The van der Waals surface area contributed by atoms with Gasteiger partial charge in [-0.25, -0.2) is 0 Å². The SMILES string of the molecule is CCc1ccc(CN(Cc2cccnc2)C(=O)[C@H](C)Oc2cccc(C)c2)cc1. The minimum absolute atomic E-state index is 0.0464. The molecule has 0 saturated heterocycles. The molecule has 0 radical (unpaired) electrons. The van der Waals surface area contributed by atoms with Crippen LogP contribution in [0, 0.1) is 6.92 Å². The van der Waals surface area contributed by atoms with Crippen molar-refractivity contribution in [3.05, 3.63) is 95.3 Å². The van der Waals surface area contributed by atoms with Crippen LogP contribution in [0.4, 0.5) is 0 Å². The van der Waals surface area contributed by atoms with Gasteiger partial charge in [0.25, 0.3) is 5.91 Å². The van der Waals surface area contributed by atoms with E-state index in [4.69, 9.17) is 4.74 Å². The first-order chi connectivity index (χ1) is 14.0. The molecule has 0 N–H and O–H groups in total. The van der Waals surface area contributed by atoms with Crippen molar-refractivity contribution in [3.63, 3.8) is 0 Å². The van der Waals surface area contributed by atoms with E-state index >= 15 is 0 Å². The summed E-state index contributed by atoms with van der Waals surface area (Å²) in [5.41, 5.74) is 4.48. The van der Waals surface area contributed by atoms with E-state index in [2.05, 4.69) is 36.2 Å². The summed E-state index contributed by atoms with van der Waals surface area (Å²) in [6, 6.07) is 20.1. The summed E-state index contributed by atoms with van der Waals surface area (Å²) >= 11 is 0. The van der Waals surface area contributed by atoms with Crippen molar-refractivity contribution in [1.29, 1.82) is 0 Å². The van der Waals surface area contributed by atoms with Gasteiger partial charge in [-0.2, -0.15) is 0 Å². The van der Waals surface area contributed by atoms with Crippen LogP contribution in [0.5, 0.6) is 5.75 Å². The summed E-state index contributed by atoms with van der Waals surface area (Å²) in [5.74, 6) is 0.661. The van der Waals surface area contributed by atoms with E-state index in [1.165, 1.54) is 5.56 Å². The van der Waals surface area contributed by atoms with Gasteiger partial charge in [-0.1, -0.05) is 49.4 Å². The Morgan fingerprint density at radius 2 is 1.72 bits per heavy atom. The maximum absolute atomic E-state index is 13.2. The van der Waals surface area contributed by atoms with Gasteiger partial charge in [0.15, 0.2) is 6.10 Å². The highest BCUT2D eigenvalue weighted by Gasteiger charge is 2.23. The predicted octanol–water partition coefficient (Wildman–Crippen LogP) is 4.95.